The second-order valence-electron chi connectivity index (χ2n) is 3.85. The summed E-state index contributed by atoms with van der Waals surface area (Å²) in [6.07, 6.45) is 4.85. The number of hydrogen-bond donors (Lipinski definition) is 0. The fourth-order valence-corrected chi connectivity index (χ4v) is 3.14. The normalized spacial score (nSPS) is 36.4. The molecule has 0 aromatic rings. The monoisotopic (exact) mass is 305 g/mol. The minimum Gasteiger partial charge on any atom is -0.285 e. The summed E-state index contributed by atoms with van der Waals surface area (Å²) < 4.78 is 0.905. The van der Waals surface area contributed by atoms with Crippen LogP contribution in [-0.2, 0) is 9.59 Å². The second kappa shape index (κ2) is 3.64. The number of fused-ring (bicyclic) bond motifs is 1. The molecule has 0 spiro atoms. The van der Waals surface area contributed by atoms with Crippen LogP contribution in [0, 0.1) is 17.8 Å². The lowest BCUT2D eigenvalue weighted by Crippen LogP contribution is -2.29. The predicted molar refractivity (Wildman–Crippen MR) is 60.9 cm³/mol. The van der Waals surface area contributed by atoms with E-state index >= 15 is 0 Å². The van der Waals surface area contributed by atoms with Crippen LogP contribution in [0.5, 0.6) is 0 Å². The second-order valence-corrected chi connectivity index (χ2v) is 4.73. The van der Waals surface area contributed by atoms with Crippen molar-refractivity contribution in [2.45, 2.75) is 6.42 Å². The molecule has 0 N–H and O–H groups in total. The van der Waals surface area contributed by atoms with Gasteiger partial charge in [0.1, 0.15) is 0 Å². The maximum atomic E-state index is 11.8. The number of carbonyl (C=O) groups is 2. The van der Waals surface area contributed by atoms with E-state index in [9.17, 15) is 9.59 Å². The van der Waals surface area contributed by atoms with Crippen molar-refractivity contribution >= 4 is 34.4 Å². The Labute approximate surface area is 96.7 Å². The van der Waals surface area contributed by atoms with Crippen LogP contribution in [0.15, 0.2) is 12.2 Å². The van der Waals surface area contributed by atoms with Crippen molar-refractivity contribution in [3.05, 3.63) is 12.2 Å². The molecular weight excluding hydrogens is 293 g/mol. The fourth-order valence-electron chi connectivity index (χ4n) is 2.30. The van der Waals surface area contributed by atoms with E-state index in [1.54, 1.807) is 7.05 Å². The summed E-state index contributed by atoms with van der Waals surface area (Å²) in [7, 11) is 1.59. The Morgan fingerprint density at radius 3 is 2.86 bits per heavy atom. The molecule has 0 saturated carbocycles. The van der Waals surface area contributed by atoms with Gasteiger partial charge in [0.2, 0.25) is 11.8 Å². The Morgan fingerprint density at radius 1 is 1.50 bits per heavy atom. The van der Waals surface area contributed by atoms with Crippen molar-refractivity contribution in [3.63, 3.8) is 0 Å². The molecule has 2 rings (SSSR count). The van der Waals surface area contributed by atoms with Gasteiger partial charge in [0, 0.05) is 11.5 Å². The van der Waals surface area contributed by atoms with E-state index in [4.69, 9.17) is 0 Å². The van der Waals surface area contributed by atoms with Crippen LogP contribution in [0.1, 0.15) is 6.42 Å². The summed E-state index contributed by atoms with van der Waals surface area (Å²) in [6.45, 7) is 0. The van der Waals surface area contributed by atoms with E-state index in [0.29, 0.717) is 0 Å². The molecule has 0 aromatic carbocycles. The molecule has 1 saturated heterocycles. The Balaban J connectivity index is 2.33. The third-order valence-electron chi connectivity index (χ3n) is 3.11. The Morgan fingerprint density at radius 2 is 2.21 bits per heavy atom. The third-order valence-corrected chi connectivity index (χ3v) is 4.13. The van der Waals surface area contributed by atoms with Crippen LogP contribution in [-0.4, -0.2) is 28.2 Å². The third kappa shape index (κ3) is 1.31. The van der Waals surface area contributed by atoms with E-state index in [2.05, 4.69) is 28.7 Å². The highest BCUT2D eigenvalue weighted by atomic mass is 127. The van der Waals surface area contributed by atoms with Gasteiger partial charge >= 0.3 is 0 Å². The molecule has 3 atom stereocenters. The number of nitrogens with zero attached hydrogens (tertiary/aromatic N) is 1. The van der Waals surface area contributed by atoms with Gasteiger partial charge in [-0.1, -0.05) is 34.7 Å². The van der Waals surface area contributed by atoms with Crippen LogP contribution >= 0.6 is 22.6 Å². The molecule has 0 aromatic heterocycles. The lowest BCUT2D eigenvalue weighted by molar-refractivity contribution is -0.138. The van der Waals surface area contributed by atoms with Crippen molar-refractivity contribution in [2.24, 2.45) is 17.8 Å². The number of rotatable bonds is 1. The molecular formula is C10H12INO2. The van der Waals surface area contributed by atoms with Crippen LogP contribution < -0.4 is 0 Å². The molecule has 1 aliphatic heterocycles. The van der Waals surface area contributed by atoms with Gasteiger partial charge < -0.3 is 0 Å². The van der Waals surface area contributed by atoms with Gasteiger partial charge in [-0.25, -0.2) is 0 Å². The minimum atomic E-state index is -0.0885. The summed E-state index contributed by atoms with van der Waals surface area (Å²) in [6, 6.07) is 0. The molecule has 3 nitrogen and oxygen atoms in total. The van der Waals surface area contributed by atoms with Crippen molar-refractivity contribution in [1.29, 1.82) is 0 Å². The van der Waals surface area contributed by atoms with E-state index in [0.717, 1.165) is 10.8 Å². The number of allylic oxidation sites excluding steroid dienone is 2. The molecule has 76 valence electrons. The average molecular weight is 305 g/mol. The Bertz CT molecular complexity index is 313. The zero-order valence-corrected chi connectivity index (χ0v) is 10.1. The Kier molecular flexibility index (Phi) is 2.64. The van der Waals surface area contributed by atoms with Gasteiger partial charge in [-0.15, -0.1) is 0 Å². The molecule has 3 unspecified atom stereocenters. The van der Waals surface area contributed by atoms with Gasteiger partial charge in [-0.2, -0.15) is 0 Å². The summed E-state index contributed by atoms with van der Waals surface area (Å²) in [4.78, 5) is 24.8. The van der Waals surface area contributed by atoms with Crippen molar-refractivity contribution in [1.82, 2.24) is 4.90 Å². The first-order valence-electron chi connectivity index (χ1n) is 4.71. The summed E-state index contributed by atoms with van der Waals surface area (Å²) in [5.74, 6) is 0.0765. The molecule has 2 amide bonds. The quantitative estimate of drug-likeness (QED) is 0.316. The number of hydrogen-bond acceptors (Lipinski definition) is 2. The molecule has 1 heterocycles. The van der Waals surface area contributed by atoms with Crippen LogP contribution in [0.3, 0.4) is 0 Å². The SMILES string of the molecule is CN1C(=O)C2CC=CC(CI)C2C1=O. The number of likely N-dealkylation sites (tertiary alicyclic amines) is 1. The Hall–Kier alpha value is -0.390. The first-order valence-corrected chi connectivity index (χ1v) is 6.23. The van der Waals surface area contributed by atoms with Gasteiger partial charge in [0.15, 0.2) is 0 Å². The highest BCUT2D eigenvalue weighted by Crippen LogP contribution is 2.38. The number of alkyl halides is 1. The first kappa shape index (κ1) is 10.1. The van der Waals surface area contributed by atoms with E-state index in [1.165, 1.54) is 4.90 Å². The first-order chi connectivity index (χ1) is 6.66. The van der Waals surface area contributed by atoms with Crippen molar-refractivity contribution in [3.8, 4) is 0 Å². The largest absolute Gasteiger partial charge is 0.285 e. The van der Waals surface area contributed by atoms with E-state index in [-0.39, 0.29) is 29.6 Å². The predicted octanol–water partition coefficient (Wildman–Crippen LogP) is 1.23. The van der Waals surface area contributed by atoms with Gasteiger partial charge in [0.05, 0.1) is 11.8 Å². The average Bonchev–Trinajstić information content (AvgIpc) is 2.44. The highest BCUT2D eigenvalue weighted by Gasteiger charge is 2.48. The number of amides is 2. The number of imide groups is 1. The molecule has 2 aliphatic rings. The lowest BCUT2D eigenvalue weighted by Gasteiger charge is -2.24. The van der Waals surface area contributed by atoms with Gasteiger partial charge in [-0.05, 0) is 12.3 Å². The van der Waals surface area contributed by atoms with Crippen LogP contribution in [0.2, 0.25) is 0 Å². The molecule has 0 bridgehead atoms. The highest BCUT2D eigenvalue weighted by molar-refractivity contribution is 14.1. The zero-order valence-electron chi connectivity index (χ0n) is 7.94. The zero-order chi connectivity index (χ0) is 10.3. The minimum absolute atomic E-state index is 0.000741. The van der Waals surface area contributed by atoms with E-state index in [1.807, 2.05) is 6.08 Å². The van der Waals surface area contributed by atoms with Gasteiger partial charge in [-0.3, -0.25) is 14.5 Å². The van der Waals surface area contributed by atoms with Crippen molar-refractivity contribution in [2.75, 3.05) is 11.5 Å². The molecule has 4 heteroatoms. The number of halogens is 1. The standard InChI is InChI=1S/C10H12INO2/c1-12-9(13)7-4-2-3-6(5-11)8(7)10(12)14/h2-3,6-8H,4-5H2,1H3. The molecule has 0 radical (unpaired) electrons. The maximum absolute atomic E-state index is 11.8. The smallest absolute Gasteiger partial charge is 0.233 e. The number of carbonyl (C=O) groups excluding carboxylic acids is 2. The van der Waals surface area contributed by atoms with Crippen molar-refractivity contribution < 1.29 is 9.59 Å². The fraction of sp³-hybridized carbons (Fsp3) is 0.600. The van der Waals surface area contributed by atoms with E-state index < -0.39 is 0 Å². The summed E-state index contributed by atoms with van der Waals surface area (Å²) in [5, 5.41) is 0. The van der Waals surface area contributed by atoms with Gasteiger partial charge in [0.25, 0.3) is 0 Å². The molecule has 1 fully saturated rings. The summed E-state index contributed by atoms with van der Waals surface area (Å²) in [5.41, 5.74) is 0. The molecule has 1 aliphatic carbocycles. The topological polar surface area (TPSA) is 37.4 Å². The molecule has 14 heavy (non-hydrogen) atoms. The maximum Gasteiger partial charge on any atom is 0.233 e. The van der Waals surface area contributed by atoms with Crippen LogP contribution in [0.4, 0.5) is 0 Å². The summed E-state index contributed by atoms with van der Waals surface area (Å²) >= 11 is 2.27. The van der Waals surface area contributed by atoms with Crippen LogP contribution in [0.25, 0.3) is 0 Å². The lowest BCUT2D eigenvalue weighted by atomic mass is 9.78.